The molecule has 0 aromatic heterocycles. The second-order valence-electron chi connectivity index (χ2n) is 8.98. The molecular formula is C29H33BrClN3O5S. The van der Waals surface area contributed by atoms with E-state index in [1.54, 1.807) is 38.1 Å². The van der Waals surface area contributed by atoms with E-state index in [1.165, 1.54) is 29.2 Å². The molecule has 0 saturated carbocycles. The zero-order chi connectivity index (χ0) is 29.3. The van der Waals surface area contributed by atoms with E-state index in [1.807, 2.05) is 31.2 Å². The van der Waals surface area contributed by atoms with Crippen LogP contribution in [0.2, 0.25) is 5.02 Å². The lowest BCUT2D eigenvalue weighted by Crippen LogP contribution is -2.51. The molecule has 2 amide bonds. The first-order valence-electron chi connectivity index (χ1n) is 12.9. The lowest BCUT2D eigenvalue weighted by molar-refractivity contribution is -0.139. The summed E-state index contributed by atoms with van der Waals surface area (Å²) in [5.41, 5.74) is 0.984. The first-order valence-corrected chi connectivity index (χ1v) is 15.5. The highest BCUT2D eigenvalue weighted by Crippen LogP contribution is 2.33. The number of nitrogens with zero attached hydrogens (tertiary/aromatic N) is 2. The van der Waals surface area contributed by atoms with E-state index in [9.17, 15) is 18.0 Å². The van der Waals surface area contributed by atoms with Gasteiger partial charge in [0.1, 0.15) is 18.3 Å². The maximum atomic E-state index is 14.0. The van der Waals surface area contributed by atoms with Crippen LogP contribution >= 0.6 is 27.5 Å². The first kappa shape index (κ1) is 31.4. The van der Waals surface area contributed by atoms with Crippen LogP contribution in [0.15, 0.2) is 82.2 Å². The number of carbonyl (C=O) groups excluding carboxylic acids is 2. The van der Waals surface area contributed by atoms with E-state index in [0.29, 0.717) is 23.9 Å². The van der Waals surface area contributed by atoms with Gasteiger partial charge in [0.05, 0.1) is 17.2 Å². The van der Waals surface area contributed by atoms with Gasteiger partial charge in [-0.1, -0.05) is 58.7 Å². The molecule has 214 valence electrons. The van der Waals surface area contributed by atoms with Crippen molar-refractivity contribution in [3.8, 4) is 5.75 Å². The average Bonchev–Trinajstić information content (AvgIpc) is 2.93. The summed E-state index contributed by atoms with van der Waals surface area (Å²) < 4.78 is 35.5. The second-order valence-corrected chi connectivity index (χ2v) is 12.2. The summed E-state index contributed by atoms with van der Waals surface area (Å²) >= 11 is 9.46. The summed E-state index contributed by atoms with van der Waals surface area (Å²) in [7, 11) is -4.24. The number of para-hydroxylation sites is 2. The summed E-state index contributed by atoms with van der Waals surface area (Å²) in [5, 5.41) is 3.21. The molecule has 1 atom stereocenters. The van der Waals surface area contributed by atoms with Crippen LogP contribution < -0.4 is 14.4 Å². The fourth-order valence-electron chi connectivity index (χ4n) is 4.00. The van der Waals surface area contributed by atoms with Gasteiger partial charge in [0, 0.05) is 22.6 Å². The predicted molar refractivity (Wildman–Crippen MR) is 161 cm³/mol. The summed E-state index contributed by atoms with van der Waals surface area (Å²) in [4.78, 5) is 28.3. The Morgan fingerprint density at radius 1 is 1.02 bits per heavy atom. The Morgan fingerprint density at radius 2 is 1.73 bits per heavy atom. The normalized spacial score (nSPS) is 11.9. The Morgan fingerprint density at radius 3 is 2.38 bits per heavy atom. The van der Waals surface area contributed by atoms with Crippen LogP contribution in [-0.4, -0.2) is 50.9 Å². The molecule has 0 aliphatic carbocycles. The first-order chi connectivity index (χ1) is 19.1. The minimum absolute atomic E-state index is 0.0386. The molecule has 3 rings (SSSR count). The number of hydrogen-bond acceptors (Lipinski definition) is 5. The number of sulfonamides is 1. The van der Waals surface area contributed by atoms with Gasteiger partial charge >= 0.3 is 0 Å². The van der Waals surface area contributed by atoms with Crippen LogP contribution in [0, 0.1) is 0 Å². The topological polar surface area (TPSA) is 96.0 Å². The Labute approximate surface area is 249 Å². The SMILES string of the molecule is CCCNC(=O)C(C)N(Cc1cccc(Br)c1)C(=O)CN(c1ccccc1OCC)S(=O)(=O)c1ccc(Cl)cc1. The van der Waals surface area contributed by atoms with E-state index in [0.717, 1.165) is 20.8 Å². The molecule has 0 bridgehead atoms. The molecule has 40 heavy (non-hydrogen) atoms. The highest BCUT2D eigenvalue weighted by molar-refractivity contribution is 9.10. The van der Waals surface area contributed by atoms with Crippen molar-refractivity contribution in [1.29, 1.82) is 0 Å². The van der Waals surface area contributed by atoms with Crippen molar-refractivity contribution in [1.82, 2.24) is 10.2 Å². The monoisotopic (exact) mass is 649 g/mol. The Balaban J connectivity index is 2.07. The molecule has 0 spiro atoms. The Hall–Kier alpha value is -3.08. The predicted octanol–water partition coefficient (Wildman–Crippen LogP) is 5.64. The molecule has 0 fully saturated rings. The lowest BCUT2D eigenvalue weighted by Gasteiger charge is -2.32. The molecular weight excluding hydrogens is 618 g/mol. The maximum Gasteiger partial charge on any atom is 0.264 e. The van der Waals surface area contributed by atoms with Gasteiger partial charge < -0.3 is 15.0 Å². The van der Waals surface area contributed by atoms with Crippen molar-refractivity contribution in [3.63, 3.8) is 0 Å². The quantitative estimate of drug-likeness (QED) is 0.258. The molecule has 1 unspecified atom stereocenters. The molecule has 1 N–H and O–H groups in total. The van der Waals surface area contributed by atoms with Crippen molar-refractivity contribution in [3.05, 3.63) is 87.9 Å². The second kappa shape index (κ2) is 14.5. The highest BCUT2D eigenvalue weighted by atomic mass is 79.9. The molecule has 3 aromatic rings. The third-order valence-corrected chi connectivity index (χ3v) is 8.59. The fourth-order valence-corrected chi connectivity index (χ4v) is 6.00. The maximum absolute atomic E-state index is 14.0. The minimum atomic E-state index is -4.24. The van der Waals surface area contributed by atoms with Gasteiger partial charge in [0.2, 0.25) is 11.8 Å². The number of halogens is 2. The third kappa shape index (κ3) is 7.99. The lowest BCUT2D eigenvalue weighted by atomic mass is 10.1. The molecule has 8 nitrogen and oxygen atoms in total. The Bertz CT molecular complexity index is 1420. The van der Waals surface area contributed by atoms with Crippen LogP contribution in [0.4, 0.5) is 5.69 Å². The molecule has 11 heteroatoms. The van der Waals surface area contributed by atoms with E-state index >= 15 is 0 Å². The summed E-state index contributed by atoms with van der Waals surface area (Å²) in [5.74, 6) is -0.572. The van der Waals surface area contributed by atoms with Gasteiger partial charge in [-0.25, -0.2) is 8.42 Å². The van der Waals surface area contributed by atoms with Crippen LogP contribution in [-0.2, 0) is 26.2 Å². The molecule has 0 radical (unpaired) electrons. The number of nitrogens with one attached hydrogen (secondary N) is 1. The van der Waals surface area contributed by atoms with Crippen molar-refractivity contribution < 1.29 is 22.7 Å². The molecule has 0 aliphatic heterocycles. The van der Waals surface area contributed by atoms with Gasteiger partial charge in [-0.2, -0.15) is 0 Å². The summed E-state index contributed by atoms with van der Waals surface area (Å²) in [6.45, 7) is 5.65. The fraction of sp³-hybridized carbons (Fsp3) is 0.310. The van der Waals surface area contributed by atoms with Crippen molar-refractivity contribution >= 4 is 55.1 Å². The number of hydrogen-bond donors (Lipinski definition) is 1. The average molecular weight is 651 g/mol. The number of benzene rings is 3. The third-order valence-electron chi connectivity index (χ3n) is 6.07. The van der Waals surface area contributed by atoms with Crippen LogP contribution in [0.1, 0.15) is 32.8 Å². The minimum Gasteiger partial charge on any atom is -0.492 e. The van der Waals surface area contributed by atoms with Crippen molar-refractivity contribution in [2.75, 3.05) is 24.0 Å². The van der Waals surface area contributed by atoms with Gasteiger partial charge in [-0.15, -0.1) is 0 Å². The molecule has 0 saturated heterocycles. The van der Waals surface area contributed by atoms with Crippen LogP contribution in [0.25, 0.3) is 0 Å². The number of carbonyl (C=O) groups is 2. The van der Waals surface area contributed by atoms with Gasteiger partial charge in [-0.05, 0) is 74.4 Å². The van der Waals surface area contributed by atoms with Gasteiger partial charge in [0.15, 0.2) is 0 Å². The standard InChI is InChI=1S/C29H33BrClN3O5S/c1-4-17-32-29(36)21(3)33(19-22-9-8-10-23(30)18-22)28(35)20-34(26-11-6-7-12-27(26)39-5-2)40(37,38)25-15-13-24(31)14-16-25/h6-16,18,21H,4-5,17,19-20H2,1-3H3,(H,32,36). The van der Waals surface area contributed by atoms with Crippen LogP contribution in [0.5, 0.6) is 5.75 Å². The number of rotatable bonds is 13. The number of amides is 2. The van der Waals surface area contributed by atoms with E-state index < -0.39 is 28.5 Å². The van der Waals surface area contributed by atoms with Crippen LogP contribution in [0.3, 0.4) is 0 Å². The molecule has 3 aromatic carbocycles. The highest BCUT2D eigenvalue weighted by Gasteiger charge is 2.33. The molecule has 0 aliphatic rings. The van der Waals surface area contributed by atoms with E-state index in [2.05, 4.69) is 21.2 Å². The largest absolute Gasteiger partial charge is 0.492 e. The van der Waals surface area contributed by atoms with Gasteiger partial charge in [0.25, 0.3) is 10.0 Å². The summed E-state index contributed by atoms with van der Waals surface area (Å²) in [6, 6.07) is 18.9. The summed E-state index contributed by atoms with van der Waals surface area (Å²) in [6.07, 6.45) is 0.735. The zero-order valence-electron chi connectivity index (χ0n) is 22.6. The van der Waals surface area contributed by atoms with E-state index in [-0.39, 0.29) is 23.0 Å². The van der Waals surface area contributed by atoms with Crippen molar-refractivity contribution in [2.45, 2.75) is 44.7 Å². The number of anilines is 1. The van der Waals surface area contributed by atoms with Crippen molar-refractivity contribution in [2.24, 2.45) is 0 Å². The molecule has 0 heterocycles. The zero-order valence-corrected chi connectivity index (χ0v) is 25.8. The Kier molecular flexibility index (Phi) is 11.4. The van der Waals surface area contributed by atoms with E-state index in [4.69, 9.17) is 16.3 Å². The van der Waals surface area contributed by atoms with Gasteiger partial charge in [-0.3, -0.25) is 13.9 Å². The number of ether oxygens (including phenoxy) is 1. The smallest absolute Gasteiger partial charge is 0.264 e.